The minimum Gasteiger partial charge on any atom is -0.614 e. The Hall–Kier alpha value is -1.44. The van der Waals surface area contributed by atoms with Crippen molar-refractivity contribution in [3.63, 3.8) is 0 Å². The molecule has 0 N–H and O–H groups in total. The zero-order valence-electron chi connectivity index (χ0n) is 7.91. The summed E-state index contributed by atoms with van der Waals surface area (Å²) >= 11 is 0. The summed E-state index contributed by atoms with van der Waals surface area (Å²) in [5.74, 6) is -0.277. The molecule has 1 aliphatic rings. The molecule has 0 aliphatic heterocycles. The van der Waals surface area contributed by atoms with E-state index in [0.29, 0.717) is 6.61 Å². The zero-order chi connectivity index (χ0) is 9.68. The van der Waals surface area contributed by atoms with Crippen molar-refractivity contribution in [2.24, 2.45) is 0 Å². The summed E-state index contributed by atoms with van der Waals surface area (Å²) in [5, 5.41) is 11.1. The van der Waals surface area contributed by atoms with Crippen LogP contribution in [0.2, 0.25) is 0 Å². The van der Waals surface area contributed by atoms with E-state index in [-0.39, 0.29) is 5.95 Å². The summed E-state index contributed by atoms with van der Waals surface area (Å²) in [4.78, 5) is 0. The Balaban J connectivity index is 2.73. The molecule has 0 atom stereocenters. The smallest absolute Gasteiger partial charge is 0.0515 e. The van der Waals surface area contributed by atoms with E-state index in [1.807, 2.05) is 31.2 Å². The van der Waals surface area contributed by atoms with Gasteiger partial charge in [-0.05, 0) is 30.8 Å². The van der Waals surface area contributed by atoms with Crippen molar-refractivity contribution in [2.75, 3.05) is 6.61 Å². The molecule has 0 fully saturated rings. The second kappa shape index (κ2) is 4.55. The molecule has 0 saturated heterocycles. The maximum Gasteiger partial charge on any atom is 0.0515 e. The third-order valence-electron chi connectivity index (χ3n) is 1.74. The second-order valence-corrected chi connectivity index (χ2v) is 2.75. The van der Waals surface area contributed by atoms with Crippen LogP contribution in [0.3, 0.4) is 0 Å². The number of hydrogen-bond donors (Lipinski definition) is 0. The first kappa shape index (κ1) is 9.65. The second-order valence-electron chi connectivity index (χ2n) is 2.75. The molecule has 0 unspecified atom stereocenters. The van der Waals surface area contributed by atoms with Crippen LogP contribution < -0.4 is 5.11 Å². The van der Waals surface area contributed by atoms with Gasteiger partial charge in [0.25, 0.3) is 0 Å². The molecular weight excluding hydrogens is 164 g/mol. The Labute approximate surface area is 78.5 Å². The maximum atomic E-state index is 11.1. The Morgan fingerprint density at radius 3 is 2.62 bits per heavy atom. The van der Waals surface area contributed by atoms with Gasteiger partial charge in [0.05, 0.1) is 5.95 Å². The molecule has 13 heavy (non-hydrogen) atoms. The van der Waals surface area contributed by atoms with E-state index in [1.165, 1.54) is 6.08 Å². The number of ether oxygens (including phenoxy) is 1. The summed E-state index contributed by atoms with van der Waals surface area (Å²) < 4.78 is 4.80. The molecule has 0 heterocycles. The lowest BCUT2D eigenvalue weighted by atomic mass is 10.1. The predicted molar refractivity (Wildman–Crippen MR) is 50.7 cm³/mol. The molecule has 0 bridgehead atoms. The fourth-order valence-corrected chi connectivity index (χ4v) is 1.08. The normalized spacial score (nSPS) is 15.2. The van der Waals surface area contributed by atoms with E-state index < -0.39 is 0 Å². The fourth-order valence-electron chi connectivity index (χ4n) is 1.08. The van der Waals surface area contributed by atoms with Crippen molar-refractivity contribution in [3.05, 3.63) is 47.5 Å². The monoisotopic (exact) mass is 177 g/mol. The van der Waals surface area contributed by atoms with Crippen LogP contribution in [-0.4, -0.2) is 6.61 Å². The fraction of sp³-hybridized carbons (Fsp3) is 0.273. The number of allylic oxidation sites excluding steroid dienone is 7. The minimum absolute atomic E-state index is 0.277. The van der Waals surface area contributed by atoms with E-state index in [2.05, 4.69) is 0 Å². The van der Waals surface area contributed by atoms with Crippen LogP contribution in [0.25, 0.3) is 0 Å². The lowest BCUT2D eigenvalue weighted by molar-refractivity contribution is -0.356. The topological polar surface area (TPSA) is 32.3 Å². The highest BCUT2D eigenvalue weighted by Crippen LogP contribution is 2.14. The van der Waals surface area contributed by atoms with Crippen LogP contribution in [-0.2, 0) is 4.74 Å². The van der Waals surface area contributed by atoms with E-state index in [4.69, 9.17) is 4.74 Å². The SMILES string of the molecule is CCOC([O-])=CC(C)=C1C=CC=C1. The van der Waals surface area contributed by atoms with Crippen LogP contribution in [0, 0.1) is 0 Å². The molecule has 2 nitrogen and oxygen atoms in total. The number of hydrogen-bond acceptors (Lipinski definition) is 2. The molecule has 0 aromatic carbocycles. The van der Waals surface area contributed by atoms with Gasteiger partial charge in [-0.15, -0.1) is 0 Å². The van der Waals surface area contributed by atoms with Crippen LogP contribution in [0.15, 0.2) is 47.5 Å². The molecule has 0 spiro atoms. The van der Waals surface area contributed by atoms with Crippen LogP contribution in [0.1, 0.15) is 13.8 Å². The summed E-state index contributed by atoms with van der Waals surface area (Å²) in [6.07, 6.45) is 9.32. The Bertz CT molecular complexity index is 279. The van der Waals surface area contributed by atoms with Crippen molar-refractivity contribution in [1.29, 1.82) is 0 Å². The molecule has 0 amide bonds. The van der Waals surface area contributed by atoms with E-state index in [9.17, 15) is 5.11 Å². The van der Waals surface area contributed by atoms with Crippen molar-refractivity contribution in [3.8, 4) is 0 Å². The van der Waals surface area contributed by atoms with Gasteiger partial charge in [-0.1, -0.05) is 31.2 Å². The minimum atomic E-state index is -0.277. The zero-order valence-corrected chi connectivity index (χ0v) is 7.91. The van der Waals surface area contributed by atoms with Gasteiger partial charge < -0.3 is 9.84 Å². The van der Waals surface area contributed by atoms with E-state index >= 15 is 0 Å². The van der Waals surface area contributed by atoms with Gasteiger partial charge in [-0.3, -0.25) is 0 Å². The highest BCUT2D eigenvalue weighted by atomic mass is 16.6. The third-order valence-corrected chi connectivity index (χ3v) is 1.74. The molecular formula is C11H13O2-. The van der Waals surface area contributed by atoms with Crippen molar-refractivity contribution in [1.82, 2.24) is 0 Å². The van der Waals surface area contributed by atoms with Gasteiger partial charge in [0.15, 0.2) is 0 Å². The van der Waals surface area contributed by atoms with Crippen molar-refractivity contribution >= 4 is 0 Å². The first-order valence-electron chi connectivity index (χ1n) is 4.31. The van der Waals surface area contributed by atoms with Crippen LogP contribution in [0.4, 0.5) is 0 Å². The Morgan fingerprint density at radius 1 is 1.46 bits per heavy atom. The molecule has 0 radical (unpaired) electrons. The van der Waals surface area contributed by atoms with E-state index in [1.54, 1.807) is 6.92 Å². The lowest BCUT2D eigenvalue weighted by Gasteiger charge is -2.12. The van der Waals surface area contributed by atoms with Gasteiger partial charge in [0, 0.05) is 0 Å². The highest BCUT2D eigenvalue weighted by molar-refractivity contribution is 5.46. The molecule has 2 heteroatoms. The average molecular weight is 177 g/mol. The Kier molecular flexibility index (Phi) is 3.38. The quantitative estimate of drug-likeness (QED) is 0.614. The van der Waals surface area contributed by atoms with E-state index in [0.717, 1.165) is 11.1 Å². The van der Waals surface area contributed by atoms with Gasteiger partial charge in [-0.2, -0.15) is 0 Å². The van der Waals surface area contributed by atoms with Crippen LogP contribution in [0.5, 0.6) is 0 Å². The van der Waals surface area contributed by atoms with Crippen molar-refractivity contribution < 1.29 is 9.84 Å². The standard InChI is InChI=1S/C11H14O2/c1-3-13-11(12)8-9(2)10-6-4-5-7-10/h4-8,12H,3H2,1-2H3/p-1. The maximum absolute atomic E-state index is 11.1. The lowest BCUT2D eigenvalue weighted by Crippen LogP contribution is -2.07. The summed E-state index contributed by atoms with van der Waals surface area (Å²) in [6.45, 7) is 4.11. The largest absolute Gasteiger partial charge is 0.614 e. The van der Waals surface area contributed by atoms with Gasteiger partial charge >= 0.3 is 0 Å². The Morgan fingerprint density at radius 2 is 2.08 bits per heavy atom. The summed E-state index contributed by atoms with van der Waals surface area (Å²) in [5.41, 5.74) is 2.00. The summed E-state index contributed by atoms with van der Waals surface area (Å²) in [6, 6.07) is 0. The highest BCUT2D eigenvalue weighted by Gasteiger charge is 1.95. The molecule has 0 aromatic heterocycles. The molecule has 1 aliphatic carbocycles. The molecule has 0 aromatic rings. The number of rotatable bonds is 3. The first-order valence-corrected chi connectivity index (χ1v) is 4.31. The predicted octanol–water partition coefficient (Wildman–Crippen LogP) is 1.67. The first-order chi connectivity index (χ1) is 6.24. The molecule has 0 saturated carbocycles. The van der Waals surface area contributed by atoms with Gasteiger partial charge in [-0.25, -0.2) is 0 Å². The van der Waals surface area contributed by atoms with Gasteiger partial charge in [0.1, 0.15) is 0 Å². The van der Waals surface area contributed by atoms with Crippen molar-refractivity contribution in [2.45, 2.75) is 13.8 Å². The van der Waals surface area contributed by atoms with Crippen LogP contribution >= 0.6 is 0 Å². The molecule has 1 rings (SSSR count). The molecule has 70 valence electrons. The average Bonchev–Trinajstić information content (AvgIpc) is 2.55. The summed E-state index contributed by atoms with van der Waals surface area (Å²) in [7, 11) is 0. The van der Waals surface area contributed by atoms with Gasteiger partial charge in [0.2, 0.25) is 0 Å². The third kappa shape index (κ3) is 2.82.